The number of nitrogens with one attached hydrogen (secondary N) is 2. The van der Waals surface area contributed by atoms with E-state index in [0.717, 1.165) is 19.0 Å². The quantitative estimate of drug-likeness (QED) is 0.346. The number of hydrogen-bond donors (Lipinski definition) is 2. The minimum Gasteiger partial charge on any atom is -0.377 e. The van der Waals surface area contributed by atoms with Crippen LogP contribution in [0.15, 0.2) is 4.99 Å². The van der Waals surface area contributed by atoms with E-state index >= 15 is 0 Å². The van der Waals surface area contributed by atoms with Crippen molar-refractivity contribution >= 4 is 29.9 Å². The van der Waals surface area contributed by atoms with Crippen LogP contribution in [0, 0.1) is 5.92 Å². The van der Waals surface area contributed by atoms with E-state index in [1.54, 1.807) is 7.11 Å². The maximum Gasteiger partial charge on any atom is 0.191 e. The number of methoxy groups -OCH3 is 1. The van der Waals surface area contributed by atoms with E-state index in [4.69, 9.17) is 4.74 Å². The molecule has 1 rings (SSSR count). The van der Waals surface area contributed by atoms with E-state index in [1.807, 2.05) is 0 Å². The lowest BCUT2D eigenvalue weighted by molar-refractivity contribution is 0.0310. The molecule has 1 aliphatic rings. The minimum absolute atomic E-state index is 0. The van der Waals surface area contributed by atoms with Crippen LogP contribution in [0.3, 0.4) is 0 Å². The normalized spacial score (nSPS) is 18.2. The third-order valence-electron chi connectivity index (χ3n) is 4.15. The minimum atomic E-state index is -0.220. The maximum atomic E-state index is 5.42. The number of halogens is 1. The highest BCUT2D eigenvalue weighted by Gasteiger charge is 2.16. The van der Waals surface area contributed by atoms with Crippen molar-refractivity contribution in [1.29, 1.82) is 0 Å². The van der Waals surface area contributed by atoms with Crippen LogP contribution in [0.25, 0.3) is 0 Å². The van der Waals surface area contributed by atoms with Crippen LogP contribution in [0.1, 0.15) is 47.0 Å². The molecule has 1 fully saturated rings. The average Bonchev–Trinajstić information content (AvgIpc) is 2.51. The Kier molecular flexibility index (Phi) is 12.3. The molecule has 0 aliphatic carbocycles. The molecule has 0 spiro atoms. The van der Waals surface area contributed by atoms with Gasteiger partial charge in [0.1, 0.15) is 0 Å². The van der Waals surface area contributed by atoms with Crippen LogP contribution in [-0.4, -0.2) is 62.8 Å². The molecule has 1 saturated heterocycles. The summed E-state index contributed by atoms with van der Waals surface area (Å²) in [6, 6.07) is 0. The largest absolute Gasteiger partial charge is 0.377 e. The molecule has 2 N–H and O–H groups in total. The molecular formula is C17H37IN4O. The maximum absolute atomic E-state index is 5.42. The lowest BCUT2D eigenvalue weighted by Gasteiger charge is -2.29. The van der Waals surface area contributed by atoms with Crippen molar-refractivity contribution in [1.82, 2.24) is 15.5 Å². The molecule has 5 nitrogen and oxygen atoms in total. The molecule has 0 saturated carbocycles. The summed E-state index contributed by atoms with van der Waals surface area (Å²) in [7, 11) is 1.73. The zero-order chi connectivity index (χ0) is 16.4. The first-order valence-corrected chi connectivity index (χ1v) is 8.76. The number of nitrogens with zero attached hydrogens (tertiary/aromatic N) is 2. The fourth-order valence-corrected chi connectivity index (χ4v) is 2.59. The summed E-state index contributed by atoms with van der Waals surface area (Å²) in [5, 5.41) is 6.77. The number of ether oxygens (including phenoxy) is 1. The standard InChI is InChI=1S/C17H36N4O.HI/c1-6-18-16(20-14-17(3,4)22-5)19-12-15(2)13-21-10-8-7-9-11-21;/h15H,6-14H2,1-5H3,(H2,18,19,20);1H. The molecule has 0 bridgehead atoms. The van der Waals surface area contributed by atoms with Crippen LogP contribution in [0.5, 0.6) is 0 Å². The van der Waals surface area contributed by atoms with Gasteiger partial charge in [0.15, 0.2) is 5.96 Å². The highest BCUT2D eigenvalue weighted by molar-refractivity contribution is 14.0. The Hall–Kier alpha value is -0.0800. The van der Waals surface area contributed by atoms with E-state index in [9.17, 15) is 0 Å². The Bertz CT molecular complexity index is 331. The Morgan fingerprint density at radius 3 is 2.43 bits per heavy atom. The van der Waals surface area contributed by atoms with Crippen LogP contribution < -0.4 is 10.6 Å². The summed E-state index contributed by atoms with van der Waals surface area (Å²) < 4.78 is 5.42. The summed E-state index contributed by atoms with van der Waals surface area (Å²) in [4.78, 5) is 7.22. The van der Waals surface area contributed by atoms with Crippen LogP contribution >= 0.6 is 24.0 Å². The van der Waals surface area contributed by atoms with Crippen molar-refractivity contribution in [3.05, 3.63) is 0 Å². The second kappa shape index (κ2) is 12.3. The number of hydrogen-bond acceptors (Lipinski definition) is 3. The van der Waals surface area contributed by atoms with Crippen LogP contribution in [0.2, 0.25) is 0 Å². The highest BCUT2D eigenvalue weighted by Crippen LogP contribution is 2.10. The van der Waals surface area contributed by atoms with E-state index in [-0.39, 0.29) is 29.6 Å². The molecule has 0 aromatic carbocycles. The van der Waals surface area contributed by atoms with Crippen molar-refractivity contribution in [3.63, 3.8) is 0 Å². The van der Waals surface area contributed by atoms with Gasteiger partial charge in [-0.15, -0.1) is 24.0 Å². The third-order valence-corrected chi connectivity index (χ3v) is 4.15. The second-order valence-corrected chi connectivity index (χ2v) is 7.01. The first-order valence-electron chi connectivity index (χ1n) is 8.76. The van der Waals surface area contributed by atoms with Gasteiger partial charge in [-0.05, 0) is 52.6 Å². The molecule has 0 radical (unpaired) electrons. The predicted molar refractivity (Wildman–Crippen MR) is 110 cm³/mol. The first-order chi connectivity index (χ1) is 10.5. The number of guanidine groups is 1. The monoisotopic (exact) mass is 440 g/mol. The molecule has 0 amide bonds. The van der Waals surface area contributed by atoms with Gasteiger partial charge in [-0.25, -0.2) is 0 Å². The summed E-state index contributed by atoms with van der Waals surface area (Å²) in [6.07, 6.45) is 4.11. The molecular weight excluding hydrogens is 403 g/mol. The van der Waals surface area contributed by atoms with Crippen molar-refractivity contribution in [3.8, 4) is 0 Å². The Balaban J connectivity index is 0.00000484. The van der Waals surface area contributed by atoms with Crippen molar-refractivity contribution in [2.75, 3.05) is 46.4 Å². The zero-order valence-electron chi connectivity index (χ0n) is 15.7. The highest BCUT2D eigenvalue weighted by atomic mass is 127. The van der Waals surface area contributed by atoms with Crippen LogP contribution in [0.4, 0.5) is 0 Å². The lowest BCUT2D eigenvalue weighted by Crippen LogP contribution is -2.43. The zero-order valence-corrected chi connectivity index (χ0v) is 18.0. The van der Waals surface area contributed by atoms with Crippen molar-refractivity contribution < 1.29 is 4.74 Å². The lowest BCUT2D eigenvalue weighted by atomic mass is 10.1. The topological polar surface area (TPSA) is 48.9 Å². The molecule has 23 heavy (non-hydrogen) atoms. The van der Waals surface area contributed by atoms with Crippen molar-refractivity contribution in [2.45, 2.75) is 52.6 Å². The number of likely N-dealkylation sites (tertiary alicyclic amines) is 1. The van der Waals surface area contributed by atoms with Gasteiger partial charge in [-0.2, -0.15) is 0 Å². The van der Waals surface area contributed by atoms with Gasteiger partial charge in [-0.3, -0.25) is 4.99 Å². The Morgan fingerprint density at radius 1 is 1.22 bits per heavy atom. The summed E-state index contributed by atoms with van der Waals surface area (Å²) >= 11 is 0. The van der Waals surface area contributed by atoms with Gasteiger partial charge in [0.05, 0.1) is 12.1 Å². The summed E-state index contributed by atoms with van der Waals surface area (Å²) in [5.74, 6) is 1.51. The van der Waals surface area contributed by atoms with E-state index in [2.05, 4.69) is 48.2 Å². The molecule has 0 aromatic rings. The average molecular weight is 440 g/mol. The Labute approximate surface area is 160 Å². The first kappa shape index (κ1) is 22.9. The SMILES string of the molecule is CCNC(=NCC(C)(C)OC)NCC(C)CN1CCCCC1.I. The molecule has 1 atom stereocenters. The van der Waals surface area contributed by atoms with Gasteiger partial charge in [-0.1, -0.05) is 13.3 Å². The number of rotatable bonds is 8. The van der Waals surface area contributed by atoms with Crippen LogP contribution in [-0.2, 0) is 4.74 Å². The molecule has 138 valence electrons. The summed E-state index contributed by atoms with van der Waals surface area (Å²) in [5.41, 5.74) is -0.220. The Morgan fingerprint density at radius 2 is 1.87 bits per heavy atom. The molecule has 1 heterocycles. The van der Waals surface area contributed by atoms with Gasteiger partial charge in [0.25, 0.3) is 0 Å². The fraction of sp³-hybridized carbons (Fsp3) is 0.941. The molecule has 1 aliphatic heterocycles. The molecule has 6 heteroatoms. The van der Waals surface area contributed by atoms with Gasteiger partial charge in [0, 0.05) is 26.7 Å². The van der Waals surface area contributed by atoms with Gasteiger partial charge < -0.3 is 20.3 Å². The fourth-order valence-electron chi connectivity index (χ4n) is 2.59. The molecule has 1 unspecified atom stereocenters. The van der Waals surface area contributed by atoms with Gasteiger partial charge in [0.2, 0.25) is 0 Å². The second-order valence-electron chi connectivity index (χ2n) is 7.01. The van der Waals surface area contributed by atoms with E-state index in [1.165, 1.54) is 38.9 Å². The number of piperidine rings is 1. The van der Waals surface area contributed by atoms with E-state index in [0.29, 0.717) is 12.5 Å². The summed E-state index contributed by atoms with van der Waals surface area (Å²) in [6.45, 7) is 14.7. The number of aliphatic imine (C=N–C) groups is 1. The van der Waals surface area contributed by atoms with Gasteiger partial charge >= 0.3 is 0 Å². The smallest absolute Gasteiger partial charge is 0.191 e. The van der Waals surface area contributed by atoms with E-state index < -0.39 is 0 Å². The van der Waals surface area contributed by atoms with Crippen molar-refractivity contribution in [2.24, 2.45) is 10.9 Å². The third kappa shape index (κ3) is 10.4. The molecule has 0 aromatic heterocycles. The predicted octanol–water partition coefficient (Wildman–Crippen LogP) is 2.71.